The highest BCUT2D eigenvalue weighted by molar-refractivity contribution is 9.10. The van der Waals surface area contributed by atoms with E-state index >= 15 is 0 Å². The molecule has 2 aromatic rings. The molecule has 14 heavy (non-hydrogen) atoms. The van der Waals surface area contributed by atoms with Crippen molar-refractivity contribution in [1.29, 1.82) is 0 Å². The lowest BCUT2D eigenvalue weighted by atomic mass is 10.0. The van der Waals surface area contributed by atoms with Crippen LogP contribution >= 0.6 is 15.9 Å². The van der Waals surface area contributed by atoms with Crippen LogP contribution in [0.25, 0.3) is 11.1 Å². The molecule has 0 aliphatic carbocycles. The van der Waals surface area contributed by atoms with Gasteiger partial charge in [-0.25, -0.2) is 0 Å². The van der Waals surface area contributed by atoms with Crippen molar-refractivity contribution >= 4 is 15.9 Å². The van der Waals surface area contributed by atoms with Gasteiger partial charge in [-0.05, 0) is 24.1 Å². The van der Waals surface area contributed by atoms with E-state index in [9.17, 15) is 0 Å². The number of rotatable bonds is 1. The van der Waals surface area contributed by atoms with Crippen molar-refractivity contribution in [3.8, 4) is 11.1 Å². The van der Waals surface area contributed by atoms with Crippen molar-refractivity contribution in [3.63, 3.8) is 0 Å². The van der Waals surface area contributed by atoms with E-state index in [0.717, 1.165) is 4.47 Å². The molecule has 1 heteroatoms. The smallest absolute Gasteiger partial charge is 0.0253 e. The summed E-state index contributed by atoms with van der Waals surface area (Å²) in [7, 11) is 0. The van der Waals surface area contributed by atoms with Crippen LogP contribution in [0.3, 0.4) is 0 Å². The highest BCUT2D eigenvalue weighted by Gasteiger charge is 2.00. The van der Waals surface area contributed by atoms with Crippen LogP contribution in [0.15, 0.2) is 53.0 Å². The van der Waals surface area contributed by atoms with E-state index < -0.39 is 0 Å². The van der Waals surface area contributed by atoms with Gasteiger partial charge in [0.1, 0.15) is 0 Å². The Labute approximate surface area is 92.7 Å². The number of hydrogen-bond donors (Lipinski definition) is 0. The van der Waals surface area contributed by atoms with Crippen LogP contribution in [0, 0.1) is 6.92 Å². The van der Waals surface area contributed by atoms with Crippen molar-refractivity contribution < 1.29 is 0 Å². The molecule has 0 saturated heterocycles. The van der Waals surface area contributed by atoms with E-state index in [2.05, 4.69) is 65.3 Å². The molecule has 0 N–H and O–H groups in total. The van der Waals surface area contributed by atoms with Gasteiger partial charge in [0, 0.05) is 4.47 Å². The second kappa shape index (κ2) is 3.97. The van der Waals surface area contributed by atoms with Gasteiger partial charge in [-0.3, -0.25) is 0 Å². The SMILES string of the molecule is Cc1ccc(-c2ccccc2Br)cc1. The van der Waals surface area contributed by atoms with Gasteiger partial charge in [0.2, 0.25) is 0 Å². The standard InChI is InChI=1S/C13H11Br/c1-10-6-8-11(9-7-10)12-4-2-3-5-13(12)14/h2-9H,1H3. The summed E-state index contributed by atoms with van der Waals surface area (Å²) in [4.78, 5) is 0. The first kappa shape index (κ1) is 9.47. The van der Waals surface area contributed by atoms with E-state index in [-0.39, 0.29) is 0 Å². The molecular formula is C13H11Br. The molecule has 0 heterocycles. The van der Waals surface area contributed by atoms with Crippen LogP contribution in [0.5, 0.6) is 0 Å². The van der Waals surface area contributed by atoms with Gasteiger partial charge in [0.25, 0.3) is 0 Å². The van der Waals surface area contributed by atoms with Crippen LogP contribution in [-0.4, -0.2) is 0 Å². The Balaban J connectivity index is 2.50. The minimum absolute atomic E-state index is 1.14. The maximum atomic E-state index is 3.55. The third-order valence-electron chi connectivity index (χ3n) is 2.24. The Hall–Kier alpha value is -1.08. The third kappa shape index (κ3) is 1.88. The van der Waals surface area contributed by atoms with Crippen molar-refractivity contribution in [1.82, 2.24) is 0 Å². The first-order chi connectivity index (χ1) is 6.77. The zero-order valence-corrected chi connectivity index (χ0v) is 9.58. The summed E-state index contributed by atoms with van der Waals surface area (Å²) in [5.41, 5.74) is 3.79. The van der Waals surface area contributed by atoms with E-state index in [0.29, 0.717) is 0 Å². The molecule has 0 saturated carbocycles. The normalized spacial score (nSPS) is 10.1. The molecule has 0 spiro atoms. The van der Waals surface area contributed by atoms with Gasteiger partial charge in [0.05, 0.1) is 0 Å². The molecule has 0 atom stereocenters. The number of hydrogen-bond acceptors (Lipinski definition) is 0. The zero-order chi connectivity index (χ0) is 9.97. The second-order valence-corrected chi connectivity index (χ2v) is 4.20. The topological polar surface area (TPSA) is 0 Å². The zero-order valence-electron chi connectivity index (χ0n) is 8.00. The number of aryl methyl sites for hydroxylation is 1. The Morgan fingerprint density at radius 1 is 0.857 bits per heavy atom. The third-order valence-corrected chi connectivity index (χ3v) is 2.93. The first-order valence-electron chi connectivity index (χ1n) is 4.59. The Morgan fingerprint density at radius 2 is 1.50 bits per heavy atom. The highest BCUT2D eigenvalue weighted by atomic mass is 79.9. The van der Waals surface area contributed by atoms with E-state index in [1.165, 1.54) is 16.7 Å². The molecule has 0 bridgehead atoms. The summed E-state index contributed by atoms with van der Waals surface area (Å²) < 4.78 is 1.14. The van der Waals surface area contributed by atoms with Crippen LogP contribution in [0.4, 0.5) is 0 Å². The minimum Gasteiger partial charge on any atom is -0.0616 e. The van der Waals surface area contributed by atoms with E-state index in [4.69, 9.17) is 0 Å². The lowest BCUT2D eigenvalue weighted by Crippen LogP contribution is -1.79. The minimum atomic E-state index is 1.14. The summed E-state index contributed by atoms with van der Waals surface area (Å²) >= 11 is 3.55. The Morgan fingerprint density at radius 3 is 2.14 bits per heavy atom. The monoisotopic (exact) mass is 246 g/mol. The van der Waals surface area contributed by atoms with Crippen LogP contribution in [0.1, 0.15) is 5.56 Å². The molecule has 70 valence electrons. The van der Waals surface area contributed by atoms with Gasteiger partial charge in [-0.15, -0.1) is 0 Å². The van der Waals surface area contributed by atoms with Crippen molar-refractivity contribution in [3.05, 3.63) is 58.6 Å². The maximum Gasteiger partial charge on any atom is 0.0253 e. The van der Waals surface area contributed by atoms with Gasteiger partial charge >= 0.3 is 0 Å². The van der Waals surface area contributed by atoms with Gasteiger partial charge in [-0.1, -0.05) is 64.0 Å². The molecule has 0 nitrogen and oxygen atoms in total. The van der Waals surface area contributed by atoms with Gasteiger partial charge in [0.15, 0.2) is 0 Å². The quantitative estimate of drug-likeness (QED) is 0.699. The Kier molecular flexibility index (Phi) is 2.69. The largest absolute Gasteiger partial charge is 0.0616 e. The van der Waals surface area contributed by atoms with Gasteiger partial charge < -0.3 is 0 Å². The summed E-state index contributed by atoms with van der Waals surface area (Å²) in [6, 6.07) is 16.8. The van der Waals surface area contributed by atoms with Crippen molar-refractivity contribution in [2.24, 2.45) is 0 Å². The first-order valence-corrected chi connectivity index (χ1v) is 5.38. The molecule has 0 aliphatic heterocycles. The summed E-state index contributed by atoms with van der Waals surface area (Å²) in [6.07, 6.45) is 0. The van der Waals surface area contributed by atoms with Crippen molar-refractivity contribution in [2.45, 2.75) is 6.92 Å². The van der Waals surface area contributed by atoms with Crippen LogP contribution < -0.4 is 0 Å². The summed E-state index contributed by atoms with van der Waals surface area (Å²) in [5.74, 6) is 0. The molecule has 0 fully saturated rings. The predicted molar refractivity (Wildman–Crippen MR) is 64.3 cm³/mol. The summed E-state index contributed by atoms with van der Waals surface area (Å²) in [5, 5.41) is 0. The molecule has 0 unspecified atom stereocenters. The average Bonchev–Trinajstić information content (AvgIpc) is 2.20. The van der Waals surface area contributed by atoms with Gasteiger partial charge in [-0.2, -0.15) is 0 Å². The number of halogens is 1. The predicted octanol–water partition coefficient (Wildman–Crippen LogP) is 4.42. The van der Waals surface area contributed by atoms with Crippen LogP contribution in [0.2, 0.25) is 0 Å². The lowest BCUT2D eigenvalue weighted by Gasteiger charge is -2.04. The fourth-order valence-electron chi connectivity index (χ4n) is 1.43. The molecule has 0 aromatic heterocycles. The second-order valence-electron chi connectivity index (χ2n) is 3.35. The maximum absolute atomic E-state index is 3.55. The van der Waals surface area contributed by atoms with E-state index in [1.54, 1.807) is 0 Å². The molecular weight excluding hydrogens is 236 g/mol. The molecule has 0 aliphatic rings. The molecule has 2 rings (SSSR count). The van der Waals surface area contributed by atoms with Crippen molar-refractivity contribution in [2.75, 3.05) is 0 Å². The molecule has 0 radical (unpaired) electrons. The Bertz CT molecular complexity index is 429. The van der Waals surface area contributed by atoms with E-state index in [1.807, 2.05) is 6.07 Å². The molecule has 0 amide bonds. The fraction of sp³-hybridized carbons (Fsp3) is 0.0769. The highest BCUT2D eigenvalue weighted by Crippen LogP contribution is 2.27. The fourth-order valence-corrected chi connectivity index (χ4v) is 1.94. The average molecular weight is 247 g/mol. The van der Waals surface area contributed by atoms with Crippen LogP contribution in [-0.2, 0) is 0 Å². The summed E-state index contributed by atoms with van der Waals surface area (Å²) in [6.45, 7) is 2.10. The lowest BCUT2D eigenvalue weighted by molar-refractivity contribution is 1.46. The number of benzene rings is 2. The molecule has 2 aromatic carbocycles.